The molecule has 0 atom stereocenters. The number of benzene rings is 1. The summed E-state index contributed by atoms with van der Waals surface area (Å²) in [5.74, 6) is -1.23. The number of anilines is 1. The molecule has 0 saturated carbocycles. The number of nitrogens with zero attached hydrogens (tertiary/aromatic N) is 5. The molecule has 9 nitrogen and oxygen atoms in total. The van der Waals surface area contributed by atoms with Crippen molar-refractivity contribution >= 4 is 15.7 Å². The van der Waals surface area contributed by atoms with Gasteiger partial charge in [0.1, 0.15) is 11.6 Å². The Morgan fingerprint density at radius 3 is 2.29 bits per heavy atom. The zero-order valence-electron chi connectivity index (χ0n) is 19.5. The highest BCUT2D eigenvalue weighted by Gasteiger charge is 2.31. The summed E-state index contributed by atoms with van der Waals surface area (Å²) in [5.41, 5.74) is -0.215. The van der Waals surface area contributed by atoms with Gasteiger partial charge in [-0.2, -0.15) is 19.1 Å². The Bertz CT molecular complexity index is 1380. The zero-order valence-corrected chi connectivity index (χ0v) is 20.3. The highest BCUT2D eigenvalue weighted by Crippen LogP contribution is 2.30. The molecule has 4 rings (SSSR count). The molecule has 0 unspecified atom stereocenters. The van der Waals surface area contributed by atoms with Crippen LogP contribution in [0.1, 0.15) is 13.8 Å². The van der Waals surface area contributed by atoms with Crippen molar-refractivity contribution in [2.75, 3.05) is 38.2 Å². The largest absolute Gasteiger partial charge is 0.481 e. The summed E-state index contributed by atoms with van der Waals surface area (Å²) < 4.78 is 60.9. The quantitative estimate of drug-likeness (QED) is 0.508. The van der Waals surface area contributed by atoms with Gasteiger partial charge in [-0.15, -0.1) is 0 Å². The lowest BCUT2D eigenvalue weighted by Gasteiger charge is -2.36. The van der Waals surface area contributed by atoms with Crippen LogP contribution in [-0.4, -0.2) is 66.0 Å². The molecule has 1 fully saturated rings. The van der Waals surface area contributed by atoms with Gasteiger partial charge in [-0.3, -0.25) is 4.79 Å². The first-order valence-corrected chi connectivity index (χ1v) is 12.5. The zero-order chi connectivity index (χ0) is 25.3. The molecule has 1 aromatic carbocycles. The highest BCUT2D eigenvalue weighted by atomic mass is 32.2. The molecular weight excluding hydrogens is 480 g/mol. The second-order valence-corrected chi connectivity index (χ2v) is 10.8. The van der Waals surface area contributed by atoms with Crippen LogP contribution in [0.25, 0.3) is 16.9 Å². The Hall–Kier alpha value is -3.38. The number of hydrogen-bond acceptors (Lipinski definition) is 7. The highest BCUT2D eigenvalue weighted by molar-refractivity contribution is 7.89. The average Bonchev–Trinajstić information content (AvgIpc) is 2.83. The molecule has 0 bridgehead atoms. The minimum absolute atomic E-state index is 0.0307. The number of ether oxygens (including phenoxy) is 1. The molecule has 0 N–H and O–H groups in total. The second-order valence-electron chi connectivity index (χ2n) is 8.30. The fourth-order valence-electron chi connectivity index (χ4n) is 3.93. The van der Waals surface area contributed by atoms with Gasteiger partial charge in [0.25, 0.3) is 5.56 Å². The molecule has 186 valence electrons. The standard InChI is InChI=1S/C23H25F2N5O4S/c1-15(2)35(32,33)29-9-7-28(8-10-29)19-14-26-30(20-5-4-6-21(27-20)34-3)23(31)22(19)16-11-17(24)13-18(25)12-16/h4-6,11-15H,7-10H2,1-3H3. The smallest absolute Gasteiger partial charge is 0.282 e. The summed E-state index contributed by atoms with van der Waals surface area (Å²) in [5, 5.41) is 3.70. The summed E-state index contributed by atoms with van der Waals surface area (Å²) in [6, 6.07) is 7.68. The molecule has 35 heavy (non-hydrogen) atoms. The molecule has 1 aliphatic rings. The van der Waals surface area contributed by atoms with E-state index in [0.29, 0.717) is 5.69 Å². The third-order valence-electron chi connectivity index (χ3n) is 5.78. The Kier molecular flexibility index (Phi) is 6.86. The molecule has 0 aliphatic carbocycles. The van der Waals surface area contributed by atoms with Gasteiger partial charge >= 0.3 is 0 Å². The molecule has 3 heterocycles. The first-order chi connectivity index (χ1) is 16.6. The topological polar surface area (TPSA) is 97.6 Å². The fourth-order valence-corrected chi connectivity index (χ4v) is 5.20. The van der Waals surface area contributed by atoms with E-state index in [4.69, 9.17) is 4.74 Å². The van der Waals surface area contributed by atoms with Crippen LogP contribution in [0, 0.1) is 11.6 Å². The molecule has 3 aromatic rings. The van der Waals surface area contributed by atoms with Crippen LogP contribution in [0.5, 0.6) is 5.88 Å². The SMILES string of the molecule is COc1cccc(-n2ncc(N3CCN(S(=O)(=O)C(C)C)CC3)c(-c3cc(F)cc(F)c3)c2=O)n1. The first-order valence-electron chi connectivity index (χ1n) is 11.0. The van der Waals surface area contributed by atoms with Crippen molar-refractivity contribution in [3.8, 4) is 22.8 Å². The van der Waals surface area contributed by atoms with Gasteiger partial charge < -0.3 is 9.64 Å². The molecule has 1 saturated heterocycles. The van der Waals surface area contributed by atoms with E-state index in [9.17, 15) is 22.0 Å². The lowest BCUT2D eigenvalue weighted by atomic mass is 10.0. The maximum atomic E-state index is 14.1. The Labute approximate surface area is 201 Å². The number of hydrogen-bond donors (Lipinski definition) is 0. The average molecular weight is 506 g/mol. The van der Waals surface area contributed by atoms with Gasteiger partial charge in [-0.25, -0.2) is 17.2 Å². The summed E-state index contributed by atoms with van der Waals surface area (Å²) in [6.07, 6.45) is 1.42. The lowest BCUT2D eigenvalue weighted by molar-refractivity contribution is 0.381. The predicted octanol–water partition coefficient (Wildman–Crippen LogP) is 2.44. The van der Waals surface area contributed by atoms with Crippen LogP contribution in [0.3, 0.4) is 0 Å². The predicted molar refractivity (Wildman–Crippen MR) is 127 cm³/mol. The number of pyridine rings is 1. The third-order valence-corrected chi connectivity index (χ3v) is 8.06. The Morgan fingerprint density at radius 1 is 1.03 bits per heavy atom. The fraction of sp³-hybridized carbons (Fsp3) is 0.348. The van der Waals surface area contributed by atoms with Crippen LogP contribution < -0.4 is 15.2 Å². The number of sulfonamides is 1. The van der Waals surface area contributed by atoms with Gasteiger partial charge in [-0.05, 0) is 37.6 Å². The van der Waals surface area contributed by atoms with Crippen molar-refractivity contribution in [2.45, 2.75) is 19.1 Å². The Balaban J connectivity index is 1.81. The number of piperazine rings is 1. The molecule has 2 aromatic heterocycles. The molecule has 12 heteroatoms. The maximum absolute atomic E-state index is 14.1. The van der Waals surface area contributed by atoms with Crippen LogP contribution in [0.15, 0.2) is 47.4 Å². The second kappa shape index (κ2) is 9.70. The first kappa shape index (κ1) is 24.7. The third kappa shape index (κ3) is 4.89. The van der Waals surface area contributed by atoms with E-state index >= 15 is 0 Å². The van der Waals surface area contributed by atoms with E-state index in [-0.39, 0.29) is 49.0 Å². The van der Waals surface area contributed by atoms with Gasteiger partial charge in [0.2, 0.25) is 15.9 Å². The van der Waals surface area contributed by atoms with E-state index < -0.39 is 32.5 Å². The minimum Gasteiger partial charge on any atom is -0.481 e. The van der Waals surface area contributed by atoms with Crippen molar-refractivity contribution in [1.29, 1.82) is 0 Å². The number of rotatable bonds is 6. The van der Waals surface area contributed by atoms with Crippen LogP contribution in [0.4, 0.5) is 14.5 Å². The summed E-state index contributed by atoms with van der Waals surface area (Å²) in [6.45, 7) is 4.21. The lowest BCUT2D eigenvalue weighted by Crippen LogP contribution is -2.50. The van der Waals surface area contributed by atoms with E-state index in [1.807, 2.05) is 0 Å². The van der Waals surface area contributed by atoms with E-state index in [2.05, 4.69) is 10.1 Å². The molecule has 0 radical (unpaired) electrons. The monoisotopic (exact) mass is 505 g/mol. The van der Waals surface area contributed by atoms with E-state index in [0.717, 1.165) is 22.9 Å². The van der Waals surface area contributed by atoms with Crippen molar-refractivity contribution in [3.63, 3.8) is 0 Å². The van der Waals surface area contributed by atoms with Gasteiger partial charge in [-0.1, -0.05) is 6.07 Å². The van der Waals surface area contributed by atoms with Crippen LogP contribution >= 0.6 is 0 Å². The van der Waals surface area contributed by atoms with Gasteiger partial charge in [0.15, 0.2) is 5.82 Å². The van der Waals surface area contributed by atoms with Gasteiger partial charge in [0, 0.05) is 38.3 Å². The summed E-state index contributed by atoms with van der Waals surface area (Å²) in [7, 11) is -1.99. The number of methoxy groups -OCH3 is 1. The van der Waals surface area contributed by atoms with Crippen LogP contribution in [-0.2, 0) is 10.0 Å². The number of aromatic nitrogens is 3. The number of halogens is 2. The molecule has 0 amide bonds. The minimum atomic E-state index is -3.43. The normalized spacial score (nSPS) is 15.0. The maximum Gasteiger partial charge on any atom is 0.282 e. The molecular formula is C23H25F2N5O4S. The van der Waals surface area contributed by atoms with Crippen molar-refractivity contribution in [2.24, 2.45) is 0 Å². The summed E-state index contributed by atoms with van der Waals surface area (Å²) in [4.78, 5) is 19.6. The van der Waals surface area contributed by atoms with E-state index in [1.54, 1.807) is 36.9 Å². The Morgan fingerprint density at radius 2 is 1.69 bits per heavy atom. The van der Waals surface area contributed by atoms with Crippen LogP contribution in [0.2, 0.25) is 0 Å². The molecule has 0 spiro atoms. The van der Waals surface area contributed by atoms with Crippen molar-refractivity contribution in [1.82, 2.24) is 19.1 Å². The van der Waals surface area contributed by atoms with Crippen molar-refractivity contribution < 1.29 is 21.9 Å². The van der Waals surface area contributed by atoms with E-state index in [1.165, 1.54) is 17.6 Å². The van der Waals surface area contributed by atoms with Gasteiger partial charge in [0.05, 0.1) is 29.8 Å². The molecule has 1 aliphatic heterocycles. The summed E-state index contributed by atoms with van der Waals surface area (Å²) >= 11 is 0. The van der Waals surface area contributed by atoms with Crippen molar-refractivity contribution in [3.05, 3.63) is 64.6 Å².